The molecule has 11 heteroatoms. The van der Waals surface area contributed by atoms with Gasteiger partial charge in [-0.25, -0.2) is 18.0 Å². The van der Waals surface area contributed by atoms with Gasteiger partial charge in [-0.3, -0.25) is 0 Å². The molecule has 1 aromatic carbocycles. The van der Waals surface area contributed by atoms with Crippen molar-refractivity contribution in [2.45, 2.75) is 9.99 Å². The summed E-state index contributed by atoms with van der Waals surface area (Å²) < 4.78 is 45.7. The van der Waals surface area contributed by atoms with E-state index < -0.39 is 23.4 Å². The van der Waals surface area contributed by atoms with Gasteiger partial charge in [-0.15, -0.1) is 11.3 Å². The third-order valence-electron chi connectivity index (χ3n) is 3.42. The maximum Gasteiger partial charge on any atom is 0.399 e. The lowest BCUT2D eigenvalue weighted by molar-refractivity contribution is 0.361. The number of sulfonamides is 1. The summed E-state index contributed by atoms with van der Waals surface area (Å²) in [6.45, 7) is 0. The number of halogens is 1. The topological polar surface area (TPSA) is 106 Å². The molecule has 0 saturated carbocycles. The number of aromatic nitrogens is 1. The van der Waals surface area contributed by atoms with Gasteiger partial charge < -0.3 is 9.42 Å². The summed E-state index contributed by atoms with van der Waals surface area (Å²) in [6, 6.07) is 13.8. The van der Waals surface area contributed by atoms with Crippen molar-refractivity contribution in [1.29, 1.82) is 0 Å². The van der Waals surface area contributed by atoms with E-state index in [1.54, 1.807) is 29.6 Å². The Hall–Kier alpha value is -1.74. The van der Waals surface area contributed by atoms with Crippen LogP contribution in [0.2, 0.25) is 5.15 Å². The van der Waals surface area contributed by atoms with Gasteiger partial charge >= 0.3 is 7.60 Å². The zero-order valence-corrected chi connectivity index (χ0v) is 16.9. The highest BCUT2D eigenvalue weighted by Gasteiger charge is 2.39. The van der Waals surface area contributed by atoms with E-state index in [1.807, 2.05) is 0 Å². The summed E-state index contributed by atoms with van der Waals surface area (Å²) >= 11 is 6.88. The Labute approximate surface area is 165 Å². The summed E-state index contributed by atoms with van der Waals surface area (Å²) in [6.07, 6.45) is 1.39. The molecule has 0 aliphatic rings. The summed E-state index contributed by atoms with van der Waals surface area (Å²) in [5, 5.41) is 1.48. The molecule has 0 bridgehead atoms. The largest absolute Gasteiger partial charge is 0.420 e. The SMILES string of the molecule is O=P(O)(Oc1cccnc1Cl)C(NS(=O)(=O)c1cccs1)c1ccccc1. The highest BCUT2D eigenvalue weighted by Crippen LogP contribution is 2.56. The Morgan fingerprint density at radius 1 is 1.15 bits per heavy atom. The lowest BCUT2D eigenvalue weighted by Crippen LogP contribution is -2.29. The van der Waals surface area contributed by atoms with E-state index in [4.69, 9.17) is 16.1 Å². The van der Waals surface area contributed by atoms with Gasteiger partial charge in [0.2, 0.25) is 0 Å². The van der Waals surface area contributed by atoms with E-state index in [-0.39, 0.29) is 20.7 Å². The van der Waals surface area contributed by atoms with Crippen molar-refractivity contribution < 1.29 is 22.4 Å². The molecule has 7 nitrogen and oxygen atoms in total. The van der Waals surface area contributed by atoms with Crippen molar-refractivity contribution in [1.82, 2.24) is 9.71 Å². The van der Waals surface area contributed by atoms with E-state index in [2.05, 4.69) is 9.71 Å². The Morgan fingerprint density at radius 3 is 2.52 bits per heavy atom. The van der Waals surface area contributed by atoms with E-state index in [0.29, 0.717) is 0 Å². The molecule has 2 aromatic heterocycles. The van der Waals surface area contributed by atoms with E-state index in [9.17, 15) is 17.9 Å². The molecule has 0 saturated heterocycles. The molecular formula is C16H14ClN2O5PS2. The number of nitrogens with zero attached hydrogens (tertiary/aromatic N) is 1. The van der Waals surface area contributed by atoms with Gasteiger partial charge in [0.1, 0.15) is 4.21 Å². The molecule has 2 unspecified atom stereocenters. The third-order valence-corrected chi connectivity index (χ3v) is 8.24. The molecule has 3 aromatic rings. The molecule has 3 rings (SSSR count). The fraction of sp³-hybridized carbons (Fsp3) is 0.0625. The van der Waals surface area contributed by atoms with Crippen LogP contribution in [0.4, 0.5) is 0 Å². The number of benzene rings is 1. The van der Waals surface area contributed by atoms with Gasteiger partial charge in [0.25, 0.3) is 10.0 Å². The molecule has 2 heterocycles. The second-order valence-corrected chi connectivity index (χ2v) is 10.4. The van der Waals surface area contributed by atoms with E-state index in [0.717, 1.165) is 11.3 Å². The third kappa shape index (κ3) is 4.76. The Morgan fingerprint density at radius 2 is 1.89 bits per heavy atom. The van der Waals surface area contributed by atoms with Crippen molar-refractivity contribution >= 4 is 40.6 Å². The van der Waals surface area contributed by atoms with Crippen molar-refractivity contribution in [2.75, 3.05) is 0 Å². The molecule has 0 radical (unpaired) electrons. The minimum atomic E-state index is -4.58. The molecule has 0 fully saturated rings. The predicted octanol–water partition coefficient (Wildman–Crippen LogP) is 4.04. The first kappa shape index (κ1) is 20.0. The Balaban J connectivity index is 2.00. The van der Waals surface area contributed by atoms with Crippen molar-refractivity contribution in [3.8, 4) is 5.75 Å². The molecule has 0 aliphatic carbocycles. The minimum Gasteiger partial charge on any atom is -0.420 e. The fourth-order valence-corrected chi connectivity index (χ4v) is 6.53. The highest BCUT2D eigenvalue weighted by atomic mass is 35.5. The van der Waals surface area contributed by atoms with Crippen LogP contribution in [-0.2, 0) is 14.6 Å². The number of nitrogens with one attached hydrogen (secondary N) is 1. The smallest absolute Gasteiger partial charge is 0.399 e. The Kier molecular flexibility index (Phi) is 6.00. The average Bonchev–Trinajstić information content (AvgIpc) is 3.18. The van der Waals surface area contributed by atoms with Crippen LogP contribution in [0.1, 0.15) is 11.3 Å². The van der Waals surface area contributed by atoms with Crippen LogP contribution in [-0.4, -0.2) is 18.3 Å². The quantitative estimate of drug-likeness (QED) is 0.421. The molecule has 0 spiro atoms. The van der Waals surface area contributed by atoms with Crippen LogP contribution in [0.5, 0.6) is 5.75 Å². The number of thiophene rings is 1. The first-order valence-electron chi connectivity index (χ1n) is 7.53. The summed E-state index contributed by atoms with van der Waals surface area (Å²) in [5.41, 5.74) is 0.267. The predicted molar refractivity (Wildman–Crippen MR) is 104 cm³/mol. The second-order valence-electron chi connectivity index (χ2n) is 5.31. The molecule has 0 amide bonds. The van der Waals surface area contributed by atoms with Crippen LogP contribution >= 0.6 is 30.5 Å². The van der Waals surface area contributed by atoms with Crippen LogP contribution in [0.3, 0.4) is 0 Å². The normalized spacial score (nSPS) is 15.0. The summed E-state index contributed by atoms with van der Waals surface area (Å²) in [4.78, 5) is 14.4. The van der Waals surface area contributed by atoms with Crippen LogP contribution in [0.15, 0.2) is 70.4 Å². The molecule has 142 valence electrons. The van der Waals surface area contributed by atoms with Gasteiger partial charge in [-0.2, -0.15) is 4.72 Å². The maximum atomic E-state index is 13.0. The van der Waals surface area contributed by atoms with Crippen LogP contribution < -0.4 is 9.25 Å². The lowest BCUT2D eigenvalue weighted by Gasteiger charge is -2.24. The van der Waals surface area contributed by atoms with Gasteiger partial charge in [0, 0.05) is 6.20 Å². The lowest BCUT2D eigenvalue weighted by atomic mass is 10.2. The first-order valence-corrected chi connectivity index (χ1v) is 11.9. The Bertz CT molecular complexity index is 1060. The van der Waals surface area contributed by atoms with Gasteiger partial charge in [-0.05, 0) is 29.1 Å². The highest BCUT2D eigenvalue weighted by molar-refractivity contribution is 7.91. The number of pyridine rings is 1. The first-order chi connectivity index (χ1) is 12.8. The number of hydrogen-bond acceptors (Lipinski definition) is 6. The van der Waals surface area contributed by atoms with E-state index in [1.165, 1.54) is 36.5 Å². The second kappa shape index (κ2) is 8.10. The maximum absolute atomic E-state index is 13.0. The van der Waals surface area contributed by atoms with Gasteiger partial charge in [0.15, 0.2) is 16.7 Å². The molecular weight excluding hydrogens is 431 g/mol. The number of rotatable bonds is 7. The van der Waals surface area contributed by atoms with Crippen LogP contribution in [0, 0.1) is 0 Å². The zero-order valence-electron chi connectivity index (χ0n) is 13.6. The minimum absolute atomic E-state index is 0.0165. The standard InChI is InChI=1S/C16H14ClN2O5PS2/c17-15-13(8-4-10-18-15)24-25(20,21)16(12-6-2-1-3-7-12)19-27(22,23)14-9-5-11-26-14/h1-11,16,19H,(H,20,21). The zero-order chi connectivity index (χ0) is 19.5. The van der Waals surface area contributed by atoms with Crippen LogP contribution in [0.25, 0.3) is 0 Å². The fourth-order valence-electron chi connectivity index (χ4n) is 2.21. The van der Waals surface area contributed by atoms with Gasteiger partial charge in [0.05, 0.1) is 0 Å². The average molecular weight is 445 g/mol. The van der Waals surface area contributed by atoms with Crippen molar-refractivity contribution in [3.05, 3.63) is 76.9 Å². The molecule has 0 aliphatic heterocycles. The summed E-state index contributed by atoms with van der Waals surface area (Å²) in [7, 11) is -8.62. The van der Waals surface area contributed by atoms with Gasteiger partial charge in [-0.1, -0.05) is 48.0 Å². The molecule has 2 N–H and O–H groups in total. The van der Waals surface area contributed by atoms with Crippen molar-refractivity contribution in [2.24, 2.45) is 0 Å². The summed E-state index contributed by atoms with van der Waals surface area (Å²) in [5.74, 6) is -1.66. The van der Waals surface area contributed by atoms with E-state index >= 15 is 0 Å². The molecule has 27 heavy (non-hydrogen) atoms. The molecule has 2 atom stereocenters. The number of hydrogen-bond donors (Lipinski definition) is 2. The van der Waals surface area contributed by atoms with Crippen molar-refractivity contribution in [3.63, 3.8) is 0 Å². The monoisotopic (exact) mass is 444 g/mol.